The maximum atomic E-state index is 9.51. The number of fused-ring (bicyclic) bond motifs is 1. The fraction of sp³-hybridized carbons (Fsp3) is 0.667. The first kappa shape index (κ1) is 8.54. The Morgan fingerprint density at radius 3 is 2.79 bits per heavy atom. The molecule has 1 N–H and O–H groups in total. The van der Waals surface area contributed by atoms with E-state index >= 15 is 0 Å². The summed E-state index contributed by atoms with van der Waals surface area (Å²) in [4.78, 5) is 0. The summed E-state index contributed by atoms with van der Waals surface area (Å²) in [5, 5.41) is 9.51. The van der Waals surface area contributed by atoms with E-state index in [0.717, 1.165) is 24.0 Å². The van der Waals surface area contributed by atoms with Crippen molar-refractivity contribution in [2.24, 2.45) is 17.3 Å². The van der Waals surface area contributed by atoms with Gasteiger partial charge in [-0.05, 0) is 43.2 Å². The summed E-state index contributed by atoms with van der Waals surface area (Å²) < 4.78 is 5.36. The Hall–Kier alpha value is -0.760. The molecule has 0 saturated heterocycles. The molecule has 2 saturated carbocycles. The van der Waals surface area contributed by atoms with E-state index in [1.807, 2.05) is 12.1 Å². The summed E-state index contributed by atoms with van der Waals surface area (Å²) in [5.41, 5.74) is 0.144. The Labute approximate surface area is 83.9 Å². The topological polar surface area (TPSA) is 33.4 Å². The molecule has 0 amide bonds. The van der Waals surface area contributed by atoms with Crippen LogP contribution in [0.15, 0.2) is 22.8 Å². The van der Waals surface area contributed by atoms with Gasteiger partial charge in [0.05, 0.1) is 6.26 Å². The molecule has 1 heterocycles. The number of hydrogen-bond acceptors (Lipinski definition) is 2. The predicted octanol–water partition coefficient (Wildman–Crippen LogP) is 2.23. The van der Waals surface area contributed by atoms with Crippen LogP contribution in [0.4, 0.5) is 0 Å². The zero-order chi connectivity index (χ0) is 9.60. The van der Waals surface area contributed by atoms with Crippen LogP contribution in [-0.2, 0) is 6.42 Å². The quantitative estimate of drug-likeness (QED) is 0.796. The van der Waals surface area contributed by atoms with Crippen LogP contribution in [0.2, 0.25) is 0 Å². The summed E-state index contributed by atoms with van der Waals surface area (Å²) in [6, 6.07) is 3.94. The molecule has 0 bridgehead atoms. The van der Waals surface area contributed by atoms with Crippen molar-refractivity contribution in [3.8, 4) is 0 Å². The maximum Gasteiger partial charge on any atom is 0.104 e. The zero-order valence-electron chi connectivity index (χ0n) is 8.28. The molecule has 3 rings (SSSR count). The molecule has 2 heteroatoms. The lowest BCUT2D eigenvalue weighted by molar-refractivity contribution is 0.111. The van der Waals surface area contributed by atoms with Gasteiger partial charge in [0.2, 0.25) is 0 Å². The Morgan fingerprint density at radius 2 is 2.21 bits per heavy atom. The van der Waals surface area contributed by atoms with Crippen molar-refractivity contribution in [1.82, 2.24) is 0 Å². The molecule has 2 aliphatic rings. The molecule has 1 aromatic rings. The van der Waals surface area contributed by atoms with E-state index in [2.05, 4.69) is 0 Å². The lowest BCUT2D eigenvalue weighted by Gasteiger charge is -2.27. The van der Waals surface area contributed by atoms with Crippen molar-refractivity contribution >= 4 is 0 Å². The van der Waals surface area contributed by atoms with E-state index in [1.54, 1.807) is 6.26 Å². The molecular formula is C12H16O2. The van der Waals surface area contributed by atoms with Gasteiger partial charge in [-0.3, -0.25) is 0 Å². The van der Waals surface area contributed by atoms with Crippen molar-refractivity contribution in [1.29, 1.82) is 0 Å². The molecular weight excluding hydrogens is 176 g/mol. The van der Waals surface area contributed by atoms with Gasteiger partial charge in [0.1, 0.15) is 5.76 Å². The van der Waals surface area contributed by atoms with Crippen molar-refractivity contribution in [3.63, 3.8) is 0 Å². The molecule has 0 radical (unpaired) electrons. The highest BCUT2D eigenvalue weighted by Crippen LogP contribution is 2.60. The van der Waals surface area contributed by atoms with E-state index in [4.69, 9.17) is 4.42 Å². The SMILES string of the molecule is OCC1(Cc2ccco2)CC2CC2C1. The van der Waals surface area contributed by atoms with Crippen LogP contribution in [-0.4, -0.2) is 11.7 Å². The third-order valence-corrected chi connectivity index (χ3v) is 3.92. The van der Waals surface area contributed by atoms with Crippen molar-refractivity contribution in [2.45, 2.75) is 25.7 Å². The van der Waals surface area contributed by atoms with E-state index in [0.29, 0.717) is 6.61 Å². The minimum absolute atomic E-state index is 0.144. The van der Waals surface area contributed by atoms with Gasteiger partial charge in [-0.1, -0.05) is 0 Å². The number of furan rings is 1. The van der Waals surface area contributed by atoms with Crippen LogP contribution < -0.4 is 0 Å². The van der Waals surface area contributed by atoms with Gasteiger partial charge >= 0.3 is 0 Å². The van der Waals surface area contributed by atoms with Gasteiger partial charge in [-0.15, -0.1) is 0 Å². The maximum absolute atomic E-state index is 9.51. The molecule has 2 fully saturated rings. The summed E-state index contributed by atoms with van der Waals surface area (Å²) in [6.45, 7) is 0.320. The molecule has 1 aromatic heterocycles. The molecule has 14 heavy (non-hydrogen) atoms. The van der Waals surface area contributed by atoms with Crippen molar-refractivity contribution < 1.29 is 9.52 Å². The standard InChI is InChI=1S/C12H16O2/c13-8-12(5-9-4-10(9)6-12)7-11-2-1-3-14-11/h1-3,9-10,13H,4-8H2. The van der Waals surface area contributed by atoms with Gasteiger partial charge < -0.3 is 9.52 Å². The second-order valence-corrected chi connectivity index (χ2v) is 5.08. The summed E-state index contributed by atoms with van der Waals surface area (Å²) >= 11 is 0. The minimum atomic E-state index is 0.144. The molecule has 2 nitrogen and oxygen atoms in total. The van der Waals surface area contributed by atoms with Gasteiger partial charge in [-0.2, -0.15) is 0 Å². The van der Waals surface area contributed by atoms with Gasteiger partial charge in [0, 0.05) is 18.4 Å². The Bertz CT molecular complexity index is 305. The number of aliphatic hydroxyl groups excluding tert-OH is 1. The van der Waals surface area contributed by atoms with E-state index in [9.17, 15) is 5.11 Å². The second-order valence-electron chi connectivity index (χ2n) is 5.08. The fourth-order valence-corrected chi connectivity index (χ4v) is 3.12. The molecule has 0 aromatic carbocycles. The first-order valence-corrected chi connectivity index (χ1v) is 5.45. The fourth-order valence-electron chi connectivity index (χ4n) is 3.12. The third-order valence-electron chi connectivity index (χ3n) is 3.92. The van der Waals surface area contributed by atoms with Crippen molar-refractivity contribution in [3.05, 3.63) is 24.2 Å². The number of aliphatic hydroxyl groups is 1. The monoisotopic (exact) mass is 192 g/mol. The second kappa shape index (κ2) is 2.86. The van der Waals surface area contributed by atoms with Gasteiger partial charge in [-0.25, -0.2) is 0 Å². The molecule has 76 valence electrons. The Balaban J connectivity index is 1.75. The lowest BCUT2D eigenvalue weighted by Crippen LogP contribution is -2.26. The van der Waals surface area contributed by atoms with Crippen LogP contribution in [0.3, 0.4) is 0 Å². The average Bonchev–Trinajstić information content (AvgIpc) is 2.68. The minimum Gasteiger partial charge on any atom is -0.469 e. The molecule has 0 spiro atoms. The number of hydrogen-bond donors (Lipinski definition) is 1. The first-order chi connectivity index (χ1) is 6.81. The Morgan fingerprint density at radius 1 is 1.43 bits per heavy atom. The average molecular weight is 192 g/mol. The smallest absolute Gasteiger partial charge is 0.104 e. The van der Waals surface area contributed by atoms with Crippen LogP contribution >= 0.6 is 0 Å². The van der Waals surface area contributed by atoms with Crippen LogP contribution in [0, 0.1) is 17.3 Å². The van der Waals surface area contributed by atoms with Gasteiger partial charge in [0.15, 0.2) is 0 Å². The molecule has 2 unspecified atom stereocenters. The predicted molar refractivity (Wildman–Crippen MR) is 52.8 cm³/mol. The number of rotatable bonds is 3. The summed E-state index contributed by atoms with van der Waals surface area (Å²) in [7, 11) is 0. The van der Waals surface area contributed by atoms with Crippen molar-refractivity contribution in [2.75, 3.05) is 6.61 Å². The highest BCUT2D eigenvalue weighted by Gasteiger charge is 2.53. The Kier molecular flexibility index (Phi) is 1.75. The summed E-state index contributed by atoms with van der Waals surface area (Å²) in [5.74, 6) is 2.86. The summed E-state index contributed by atoms with van der Waals surface area (Å²) in [6.07, 6.45) is 6.45. The lowest BCUT2D eigenvalue weighted by atomic mass is 9.80. The molecule has 2 aliphatic carbocycles. The molecule has 0 aliphatic heterocycles. The van der Waals surface area contributed by atoms with Crippen LogP contribution in [0.25, 0.3) is 0 Å². The van der Waals surface area contributed by atoms with Crippen LogP contribution in [0.5, 0.6) is 0 Å². The normalized spacial score (nSPS) is 39.8. The third kappa shape index (κ3) is 1.29. The zero-order valence-corrected chi connectivity index (χ0v) is 8.28. The highest BCUT2D eigenvalue weighted by atomic mass is 16.3. The molecule has 2 atom stereocenters. The largest absolute Gasteiger partial charge is 0.469 e. The van der Waals surface area contributed by atoms with Gasteiger partial charge in [0.25, 0.3) is 0 Å². The van der Waals surface area contributed by atoms with E-state index in [1.165, 1.54) is 19.3 Å². The first-order valence-electron chi connectivity index (χ1n) is 5.45. The highest BCUT2D eigenvalue weighted by molar-refractivity contribution is 5.09. The van der Waals surface area contributed by atoms with E-state index < -0.39 is 0 Å². The van der Waals surface area contributed by atoms with Crippen LogP contribution in [0.1, 0.15) is 25.0 Å². The van der Waals surface area contributed by atoms with E-state index in [-0.39, 0.29) is 5.41 Å².